The number of hydrogen-bond acceptors (Lipinski definition) is 2. The minimum absolute atomic E-state index is 0.129. The Hall–Kier alpha value is -1.23. The van der Waals surface area contributed by atoms with Crippen LogP contribution in [0.1, 0.15) is 11.5 Å². The molecule has 0 spiro atoms. The highest BCUT2D eigenvalue weighted by Crippen LogP contribution is 2.34. The first-order chi connectivity index (χ1) is 7.49. The van der Waals surface area contributed by atoms with Crippen molar-refractivity contribution in [2.24, 2.45) is 0 Å². The van der Waals surface area contributed by atoms with Crippen LogP contribution in [0, 0.1) is 0 Å². The van der Waals surface area contributed by atoms with Crippen LogP contribution in [0.2, 0.25) is 0 Å². The predicted octanol–water partition coefficient (Wildman–Crippen LogP) is 2.56. The number of ether oxygens (including phenoxy) is 1. The molecular weight excluding hydrogens is 219 g/mol. The third-order valence-electron chi connectivity index (χ3n) is 2.32. The summed E-state index contributed by atoms with van der Waals surface area (Å²) in [6.45, 7) is -0.129. The molecule has 0 aliphatic rings. The molecule has 0 fully saturated rings. The van der Waals surface area contributed by atoms with Crippen LogP contribution in [0.15, 0.2) is 24.3 Å². The molecule has 90 valence electrons. The van der Waals surface area contributed by atoms with E-state index < -0.39 is 12.1 Å². The van der Waals surface area contributed by atoms with E-state index in [1.54, 1.807) is 0 Å². The van der Waals surface area contributed by atoms with E-state index in [-0.39, 0.29) is 12.1 Å². The van der Waals surface area contributed by atoms with Gasteiger partial charge in [0.2, 0.25) is 0 Å². The average molecular weight is 233 g/mol. The van der Waals surface area contributed by atoms with Crippen molar-refractivity contribution >= 4 is 0 Å². The maximum Gasteiger partial charge on any atom is 0.396 e. The van der Waals surface area contributed by atoms with E-state index in [4.69, 9.17) is 4.74 Å². The van der Waals surface area contributed by atoms with Gasteiger partial charge in [-0.1, -0.05) is 12.1 Å². The summed E-state index contributed by atoms with van der Waals surface area (Å²) >= 11 is 0. The molecule has 1 aromatic rings. The van der Waals surface area contributed by atoms with Gasteiger partial charge in [0, 0.05) is 6.54 Å². The zero-order chi connectivity index (χ0) is 12.2. The van der Waals surface area contributed by atoms with E-state index in [9.17, 15) is 13.2 Å². The fraction of sp³-hybridized carbons (Fsp3) is 0.455. The van der Waals surface area contributed by atoms with Crippen molar-refractivity contribution in [1.29, 1.82) is 0 Å². The Bertz CT molecular complexity index is 321. The van der Waals surface area contributed by atoms with Crippen LogP contribution in [0.3, 0.4) is 0 Å². The highest BCUT2D eigenvalue weighted by Gasteiger charge is 2.39. The molecule has 0 amide bonds. The highest BCUT2D eigenvalue weighted by molar-refractivity contribution is 5.30. The third kappa shape index (κ3) is 3.13. The number of rotatable bonds is 4. The second kappa shape index (κ2) is 5.21. The second-order valence-electron chi connectivity index (χ2n) is 3.43. The van der Waals surface area contributed by atoms with Gasteiger partial charge in [0.05, 0.1) is 13.0 Å². The summed E-state index contributed by atoms with van der Waals surface area (Å²) in [6, 6.07) is 5.94. The Morgan fingerprint density at radius 2 is 1.81 bits per heavy atom. The second-order valence-corrected chi connectivity index (χ2v) is 3.43. The Balaban J connectivity index is 2.93. The molecule has 0 aliphatic heterocycles. The van der Waals surface area contributed by atoms with E-state index in [2.05, 4.69) is 5.32 Å². The van der Waals surface area contributed by atoms with E-state index in [1.165, 1.54) is 38.4 Å². The lowest BCUT2D eigenvalue weighted by Crippen LogP contribution is -2.29. The minimum Gasteiger partial charge on any atom is -0.497 e. The van der Waals surface area contributed by atoms with Gasteiger partial charge in [0.25, 0.3) is 0 Å². The first kappa shape index (κ1) is 12.8. The summed E-state index contributed by atoms with van der Waals surface area (Å²) in [5.74, 6) is -0.933. The lowest BCUT2D eigenvalue weighted by molar-refractivity contribution is -0.149. The van der Waals surface area contributed by atoms with Gasteiger partial charge < -0.3 is 10.1 Å². The molecule has 0 heterocycles. The summed E-state index contributed by atoms with van der Waals surface area (Å²) in [6.07, 6.45) is -4.24. The van der Waals surface area contributed by atoms with Gasteiger partial charge in [0.15, 0.2) is 0 Å². The quantitative estimate of drug-likeness (QED) is 0.863. The number of hydrogen-bond donors (Lipinski definition) is 1. The van der Waals surface area contributed by atoms with Gasteiger partial charge in [0.1, 0.15) is 5.75 Å². The van der Waals surface area contributed by atoms with Gasteiger partial charge >= 0.3 is 6.18 Å². The van der Waals surface area contributed by atoms with Crippen molar-refractivity contribution in [2.45, 2.75) is 12.1 Å². The zero-order valence-corrected chi connectivity index (χ0v) is 9.14. The molecule has 5 heteroatoms. The van der Waals surface area contributed by atoms with Crippen LogP contribution in [-0.4, -0.2) is 26.9 Å². The lowest BCUT2D eigenvalue weighted by atomic mass is 9.98. The summed E-state index contributed by atoms with van der Waals surface area (Å²) in [7, 11) is 2.98. The first-order valence-electron chi connectivity index (χ1n) is 4.84. The molecule has 0 radical (unpaired) electrons. The summed E-state index contributed by atoms with van der Waals surface area (Å²) in [4.78, 5) is 0. The van der Waals surface area contributed by atoms with Gasteiger partial charge in [-0.2, -0.15) is 13.2 Å². The van der Waals surface area contributed by atoms with Gasteiger partial charge in [-0.3, -0.25) is 0 Å². The Kier molecular flexibility index (Phi) is 4.18. The van der Waals surface area contributed by atoms with Crippen molar-refractivity contribution in [1.82, 2.24) is 5.32 Å². The van der Waals surface area contributed by atoms with E-state index >= 15 is 0 Å². The molecule has 2 nitrogen and oxygen atoms in total. The molecule has 1 atom stereocenters. The monoisotopic (exact) mass is 233 g/mol. The third-order valence-corrected chi connectivity index (χ3v) is 2.32. The fourth-order valence-corrected chi connectivity index (χ4v) is 1.46. The van der Waals surface area contributed by atoms with E-state index in [0.717, 1.165) is 0 Å². The maximum absolute atomic E-state index is 12.7. The molecule has 16 heavy (non-hydrogen) atoms. The normalized spacial score (nSPS) is 13.6. The standard InChI is InChI=1S/C11H14F3NO/c1-15-7-10(11(12,13)14)8-3-5-9(16-2)6-4-8/h3-6,10,15H,7H2,1-2H3. The number of alkyl halides is 3. The van der Waals surface area contributed by atoms with Crippen molar-refractivity contribution in [2.75, 3.05) is 20.7 Å². The number of likely N-dealkylation sites (N-methyl/N-ethyl adjacent to an activating group) is 1. The Morgan fingerprint density at radius 1 is 1.25 bits per heavy atom. The predicted molar refractivity (Wildman–Crippen MR) is 55.7 cm³/mol. The average Bonchev–Trinajstić information content (AvgIpc) is 2.25. The molecule has 1 N–H and O–H groups in total. The molecule has 0 aromatic heterocycles. The number of nitrogens with one attached hydrogen (secondary N) is 1. The molecule has 1 unspecified atom stereocenters. The number of halogens is 3. The van der Waals surface area contributed by atoms with Crippen molar-refractivity contribution in [3.05, 3.63) is 29.8 Å². The maximum atomic E-state index is 12.7. The zero-order valence-electron chi connectivity index (χ0n) is 9.14. The first-order valence-corrected chi connectivity index (χ1v) is 4.84. The van der Waals surface area contributed by atoms with Crippen LogP contribution in [0.5, 0.6) is 5.75 Å². The SMILES string of the molecule is CNCC(c1ccc(OC)cc1)C(F)(F)F. The van der Waals surface area contributed by atoms with Gasteiger partial charge in [-0.25, -0.2) is 0 Å². The fourth-order valence-electron chi connectivity index (χ4n) is 1.46. The van der Waals surface area contributed by atoms with Crippen LogP contribution in [-0.2, 0) is 0 Å². The number of benzene rings is 1. The Morgan fingerprint density at radius 3 is 2.19 bits per heavy atom. The molecule has 1 aromatic carbocycles. The molecule has 0 saturated heterocycles. The van der Waals surface area contributed by atoms with Crippen LogP contribution < -0.4 is 10.1 Å². The van der Waals surface area contributed by atoms with Crippen molar-refractivity contribution in [3.63, 3.8) is 0 Å². The topological polar surface area (TPSA) is 21.3 Å². The lowest BCUT2D eigenvalue weighted by Gasteiger charge is -2.20. The minimum atomic E-state index is -4.24. The largest absolute Gasteiger partial charge is 0.497 e. The van der Waals surface area contributed by atoms with Crippen molar-refractivity contribution < 1.29 is 17.9 Å². The Labute approximate surface area is 92.4 Å². The summed E-state index contributed by atoms with van der Waals surface area (Å²) < 4.78 is 43.0. The van der Waals surface area contributed by atoms with E-state index in [0.29, 0.717) is 5.75 Å². The van der Waals surface area contributed by atoms with E-state index in [1.807, 2.05) is 0 Å². The molecular formula is C11H14F3NO. The molecule has 1 rings (SSSR count). The van der Waals surface area contributed by atoms with Gasteiger partial charge in [-0.15, -0.1) is 0 Å². The smallest absolute Gasteiger partial charge is 0.396 e. The molecule has 0 bridgehead atoms. The number of methoxy groups -OCH3 is 1. The van der Waals surface area contributed by atoms with Crippen LogP contribution in [0.25, 0.3) is 0 Å². The van der Waals surface area contributed by atoms with Crippen molar-refractivity contribution in [3.8, 4) is 5.75 Å². The van der Waals surface area contributed by atoms with Crippen LogP contribution in [0.4, 0.5) is 13.2 Å². The summed E-state index contributed by atoms with van der Waals surface area (Å²) in [5, 5.41) is 2.55. The van der Waals surface area contributed by atoms with Crippen LogP contribution >= 0.6 is 0 Å². The molecule has 0 saturated carbocycles. The highest BCUT2D eigenvalue weighted by atomic mass is 19.4. The molecule has 0 aliphatic carbocycles. The summed E-state index contributed by atoms with van der Waals surface area (Å²) in [5.41, 5.74) is 0.239. The van der Waals surface area contributed by atoms with Gasteiger partial charge in [-0.05, 0) is 24.7 Å².